The molecule has 0 aliphatic carbocycles. The van der Waals surface area contributed by atoms with E-state index in [1.165, 1.54) is 0 Å². The monoisotopic (exact) mass is 255 g/mol. The van der Waals surface area contributed by atoms with Crippen molar-refractivity contribution in [2.45, 2.75) is 20.0 Å². The van der Waals surface area contributed by atoms with Crippen molar-refractivity contribution >= 4 is 17.0 Å². The first-order valence-corrected chi connectivity index (χ1v) is 5.93. The number of carbonyl (C=O) groups excluding carboxylic acids is 1. The van der Waals surface area contributed by atoms with E-state index < -0.39 is 12.1 Å². The molecule has 1 atom stereocenters. The maximum Gasteiger partial charge on any atom is 0.339 e. The molecular formula is C14H13N3O2. The van der Waals surface area contributed by atoms with Crippen LogP contribution in [-0.4, -0.2) is 22.0 Å². The van der Waals surface area contributed by atoms with Gasteiger partial charge in [0, 0.05) is 18.3 Å². The third-order valence-electron chi connectivity index (χ3n) is 2.67. The van der Waals surface area contributed by atoms with E-state index in [9.17, 15) is 4.79 Å². The van der Waals surface area contributed by atoms with Gasteiger partial charge in [-0.25, -0.2) is 4.79 Å². The number of nitrogens with zero attached hydrogens (tertiary/aromatic N) is 3. The van der Waals surface area contributed by atoms with Crippen molar-refractivity contribution in [3.8, 4) is 6.07 Å². The molecule has 0 radical (unpaired) electrons. The Hall–Kier alpha value is -2.48. The molecule has 96 valence electrons. The van der Waals surface area contributed by atoms with Gasteiger partial charge in [0.2, 0.25) is 0 Å². The van der Waals surface area contributed by atoms with E-state index in [0.717, 1.165) is 0 Å². The second kappa shape index (κ2) is 5.44. The van der Waals surface area contributed by atoms with Crippen LogP contribution in [0.1, 0.15) is 24.2 Å². The van der Waals surface area contributed by atoms with Gasteiger partial charge in [-0.1, -0.05) is 13.8 Å². The lowest BCUT2D eigenvalue weighted by atomic mass is 10.1. The highest BCUT2D eigenvalue weighted by Gasteiger charge is 2.19. The zero-order chi connectivity index (χ0) is 13.8. The van der Waals surface area contributed by atoms with E-state index in [4.69, 9.17) is 10.00 Å². The molecule has 1 unspecified atom stereocenters. The SMILES string of the molecule is CC(C)C(C#N)OC(=O)c1ccc2nccnc2c1. The van der Waals surface area contributed by atoms with Crippen LogP contribution in [0.25, 0.3) is 11.0 Å². The molecule has 0 N–H and O–H groups in total. The first-order valence-electron chi connectivity index (χ1n) is 5.93. The van der Waals surface area contributed by atoms with Gasteiger partial charge in [-0.3, -0.25) is 9.97 Å². The summed E-state index contributed by atoms with van der Waals surface area (Å²) in [6.45, 7) is 3.65. The second-order valence-corrected chi connectivity index (χ2v) is 4.46. The lowest BCUT2D eigenvalue weighted by Crippen LogP contribution is -2.21. The van der Waals surface area contributed by atoms with Gasteiger partial charge in [-0.05, 0) is 18.2 Å². The van der Waals surface area contributed by atoms with Crippen LogP contribution in [0, 0.1) is 17.2 Å². The summed E-state index contributed by atoms with van der Waals surface area (Å²) in [5.74, 6) is -0.568. The van der Waals surface area contributed by atoms with Crippen molar-refractivity contribution in [1.82, 2.24) is 9.97 Å². The minimum absolute atomic E-state index is 0.0470. The lowest BCUT2D eigenvalue weighted by Gasteiger charge is -2.14. The minimum Gasteiger partial charge on any atom is -0.443 e. The van der Waals surface area contributed by atoms with Gasteiger partial charge in [0.1, 0.15) is 6.07 Å². The van der Waals surface area contributed by atoms with Crippen LogP contribution in [0.5, 0.6) is 0 Å². The maximum absolute atomic E-state index is 11.9. The number of ether oxygens (including phenoxy) is 1. The molecule has 1 aromatic heterocycles. The predicted octanol–water partition coefficient (Wildman–Crippen LogP) is 2.33. The molecule has 2 aromatic rings. The Morgan fingerprint density at radius 1 is 1.26 bits per heavy atom. The number of hydrogen-bond acceptors (Lipinski definition) is 5. The molecule has 0 bridgehead atoms. The number of hydrogen-bond donors (Lipinski definition) is 0. The number of nitriles is 1. The number of fused-ring (bicyclic) bond motifs is 1. The molecule has 5 nitrogen and oxygen atoms in total. The Labute approximate surface area is 110 Å². The fraction of sp³-hybridized carbons (Fsp3) is 0.286. The number of rotatable bonds is 3. The van der Waals surface area contributed by atoms with Crippen LogP contribution in [0.15, 0.2) is 30.6 Å². The number of esters is 1. The van der Waals surface area contributed by atoms with Crippen molar-refractivity contribution in [2.75, 3.05) is 0 Å². The zero-order valence-electron chi connectivity index (χ0n) is 10.7. The Balaban J connectivity index is 2.24. The summed E-state index contributed by atoms with van der Waals surface area (Å²) in [5.41, 5.74) is 1.70. The topological polar surface area (TPSA) is 75.9 Å². The van der Waals surface area contributed by atoms with E-state index in [1.54, 1.807) is 30.6 Å². The third kappa shape index (κ3) is 2.86. The normalized spacial score (nSPS) is 12.1. The molecule has 5 heteroatoms. The molecule has 1 heterocycles. The largest absolute Gasteiger partial charge is 0.443 e. The summed E-state index contributed by atoms with van der Waals surface area (Å²) < 4.78 is 5.15. The van der Waals surface area contributed by atoms with Crippen LogP contribution in [0.3, 0.4) is 0 Å². The maximum atomic E-state index is 11.9. The van der Waals surface area contributed by atoms with E-state index in [1.807, 2.05) is 19.9 Å². The van der Waals surface area contributed by atoms with Crippen molar-refractivity contribution in [2.24, 2.45) is 5.92 Å². The fourth-order valence-corrected chi connectivity index (χ4v) is 1.59. The predicted molar refractivity (Wildman–Crippen MR) is 69.2 cm³/mol. The van der Waals surface area contributed by atoms with Gasteiger partial charge in [-0.15, -0.1) is 0 Å². The molecule has 0 saturated carbocycles. The van der Waals surface area contributed by atoms with E-state index in [2.05, 4.69) is 9.97 Å². The number of benzene rings is 1. The molecule has 19 heavy (non-hydrogen) atoms. The van der Waals surface area contributed by atoms with Gasteiger partial charge >= 0.3 is 5.97 Å². The summed E-state index contributed by atoms with van der Waals surface area (Å²) in [5, 5.41) is 8.91. The van der Waals surface area contributed by atoms with Crippen molar-refractivity contribution < 1.29 is 9.53 Å². The molecule has 2 rings (SSSR count). The van der Waals surface area contributed by atoms with Crippen LogP contribution in [-0.2, 0) is 4.74 Å². The molecule has 0 saturated heterocycles. The standard InChI is InChI=1S/C14H13N3O2/c1-9(2)13(8-15)19-14(18)10-3-4-11-12(7-10)17-6-5-16-11/h3-7,9,13H,1-2H3. The third-order valence-corrected chi connectivity index (χ3v) is 2.67. The summed E-state index contributed by atoms with van der Waals surface area (Å²) >= 11 is 0. The second-order valence-electron chi connectivity index (χ2n) is 4.46. The van der Waals surface area contributed by atoms with Crippen LogP contribution < -0.4 is 0 Å². The Morgan fingerprint density at radius 2 is 1.95 bits per heavy atom. The summed E-state index contributed by atoms with van der Waals surface area (Å²) in [6, 6.07) is 6.90. The van der Waals surface area contributed by atoms with Crippen molar-refractivity contribution in [3.63, 3.8) is 0 Å². The fourth-order valence-electron chi connectivity index (χ4n) is 1.59. The van der Waals surface area contributed by atoms with Crippen molar-refractivity contribution in [3.05, 3.63) is 36.2 Å². The van der Waals surface area contributed by atoms with Crippen molar-refractivity contribution in [1.29, 1.82) is 5.26 Å². The highest BCUT2D eigenvalue weighted by Crippen LogP contribution is 2.14. The molecule has 1 aromatic carbocycles. The summed E-state index contributed by atoms with van der Waals surface area (Å²) in [4.78, 5) is 20.2. The number of aromatic nitrogens is 2. The van der Waals surface area contributed by atoms with Crippen LogP contribution in [0.2, 0.25) is 0 Å². The molecule has 0 spiro atoms. The van der Waals surface area contributed by atoms with Gasteiger partial charge < -0.3 is 4.74 Å². The van der Waals surface area contributed by atoms with Gasteiger partial charge in [0.05, 0.1) is 16.6 Å². The highest BCUT2D eigenvalue weighted by molar-refractivity contribution is 5.93. The molecule has 0 fully saturated rings. The van der Waals surface area contributed by atoms with Crippen LogP contribution >= 0.6 is 0 Å². The summed E-state index contributed by atoms with van der Waals surface area (Å²) in [6.07, 6.45) is 2.40. The molecular weight excluding hydrogens is 242 g/mol. The quantitative estimate of drug-likeness (QED) is 0.787. The van der Waals surface area contributed by atoms with Gasteiger partial charge in [-0.2, -0.15) is 5.26 Å². The molecule has 0 aliphatic heterocycles. The minimum atomic E-state index is -0.745. The lowest BCUT2D eigenvalue weighted by molar-refractivity contribution is 0.0325. The number of carbonyl (C=O) groups is 1. The molecule has 0 aliphatic rings. The average molecular weight is 255 g/mol. The molecule has 0 amide bonds. The zero-order valence-corrected chi connectivity index (χ0v) is 10.7. The van der Waals surface area contributed by atoms with Crippen LogP contribution in [0.4, 0.5) is 0 Å². The smallest absolute Gasteiger partial charge is 0.339 e. The Bertz CT molecular complexity index is 646. The van der Waals surface area contributed by atoms with E-state index in [0.29, 0.717) is 16.6 Å². The summed E-state index contributed by atoms with van der Waals surface area (Å²) in [7, 11) is 0. The van der Waals surface area contributed by atoms with Gasteiger partial charge in [0.25, 0.3) is 0 Å². The highest BCUT2D eigenvalue weighted by atomic mass is 16.5. The average Bonchev–Trinajstić information content (AvgIpc) is 2.43. The first-order chi connectivity index (χ1) is 9.11. The van der Waals surface area contributed by atoms with E-state index >= 15 is 0 Å². The first kappa shape index (κ1) is 13.0. The Kier molecular flexibility index (Phi) is 3.71. The van der Waals surface area contributed by atoms with Gasteiger partial charge in [0.15, 0.2) is 6.10 Å². The Morgan fingerprint density at radius 3 is 2.58 bits per heavy atom. The van der Waals surface area contributed by atoms with E-state index in [-0.39, 0.29) is 5.92 Å².